The average Bonchev–Trinajstić information content (AvgIpc) is 3.28. The van der Waals surface area contributed by atoms with Crippen molar-refractivity contribution in [2.45, 2.75) is 39.4 Å². The van der Waals surface area contributed by atoms with E-state index in [9.17, 15) is 18.0 Å². The Labute approximate surface area is 161 Å². The molecule has 1 fully saturated rings. The van der Waals surface area contributed by atoms with Gasteiger partial charge in [-0.05, 0) is 51.0 Å². The largest absolute Gasteiger partial charge is 0.416 e. The number of aryl methyl sites for hydroxylation is 1. The molecule has 0 aliphatic carbocycles. The summed E-state index contributed by atoms with van der Waals surface area (Å²) >= 11 is 0. The number of alkyl halides is 3. The molecule has 2 aromatic rings. The maximum Gasteiger partial charge on any atom is 0.416 e. The van der Waals surface area contributed by atoms with E-state index in [2.05, 4.69) is 10.1 Å². The number of halogens is 3. The zero-order valence-corrected chi connectivity index (χ0v) is 15.9. The number of hydrogen-bond acceptors (Lipinski definition) is 4. The van der Waals surface area contributed by atoms with Gasteiger partial charge in [-0.15, -0.1) is 5.10 Å². The van der Waals surface area contributed by atoms with E-state index in [1.807, 2.05) is 18.9 Å². The molecule has 9 heteroatoms. The number of carbonyl (C=O) groups is 1. The minimum atomic E-state index is -4.44. The quantitative estimate of drug-likeness (QED) is 0.745. The molecule has 0 atom stereocenters. The van der Waals surface area contributed by atoms with Gasteiger partial charge in [0.15, 0.2) is 5.82 Å². The fourth-order valence-electron chi connectivity index (χ4n) is 3.19. The van der Waals surface area contributed by atoms with Gasteiger partial charge in [-0.2, -0.15) is 13.2 Å². The topological polar surface area (TPSA) is 54.3 Å². The first-order valence-corrected chi connectivity index (χ1v) is 9.02. The molecule has 1 amide bonds. The Bertz CT molecular complexity index is 888. The van der Waals surface area contributed by atoms with Gasteiger partial charge in [0.25, 0.3) is 5.91 Å². The first-order valence-electron chi connectivity index (χ1n) is 9.02. The monoisotopic (exact) mass is 393 g/mol. The summed E-state index contributed by atoms with van der Waals surface area (Å²) < 4.78 is 40.4. The van der Waals surface area contributed by atoms with Crippen LogP contribution in [0.25, 0.3) is 17.6 Å². The fraction of sp³-hybridized carbons (Fsp3) is 0.421. The summed E-state index contributed by atoms with van der Waals surface area (Å²) in [6.45, 7) is 7.13. The first-order chi connectivity index (χ1) is 13.1. The highest BCUT2D eigenvalue weighted by Crippen LogP contribution is 2.32. The Balaban J connectivity index is 1.77. The standard InChI is InChI=1S/C19H22F3N5O/c1-13(2)26-6-4-7-27(26)17(28)5-8-25-12-23-18(24-25)15-9-14(3)10-16(11-15)19(20,21)22/h5,8-13H,4,6-7H2,1-3H3/b8-5-. The molecule has 150 valence electrons. The minimum absolute atomic E-state index is 0.163. The molecule has 0 saturated carbocycles. The van der Waals surface area contributed by atoms with Crippen molar-refractivity contribution >= 4 is 12.1 Å². The number of hydrazine groups is 1. The molecule has 1 aliphatic rings. The van der Waals surface area contributed by atoms with Crippen molar-refractivity contribution in [2.75, 3.05) is 13.1 Å². The van der Waals surface area contributed by atoms with Gasteiger partial charge >= 0.3 is 6.18 Å². The normalized spacial score (nSPS) is 15.9. The third-order valence-electron chi connectivity index (χ3n) is 4.46. The predicted octanol–water partition coefficient (Wildman–Crippen LogP) is 3.60. The van der Waals surface area contributed by atoms with Crippen molar-refractivity contribution in [3.63, 3.8) is 0 Å². The molecular weight excluding hydrogens is 371 g/mol. The summed E-state index contributed by atoms with van der Waals surface area (Å²) in [7, 11) is 0. The van der Waals surface area contributed by atoms with Crippen molar-refractivity contribution in [1.82, 2.24) is 24.8 Å². The van der Waals surface area contributed by atoms with E-state index >= 15 is 0 Å². The van der Waals surface area contributed by atoms with E-state index in [1.54, 1.807) is 18.0 Å². The smallest absolute Gasteiger partial charge is 0.271 e. The van der Waals surface area contributed by atoms with Crippen molar-refractivity contribution in [3.05, 3.63) is 41.7 Å². The molecule has 1 aliphatic heterocycles. The van der Waals surface area contributed by atoms with Crippen LogP contribution in [0.2, 0.25) is 0 Å². The fourth-order valence-corrected chi connectivity index (χ4v) is 3.19. The second-order valence-corrected chi connectivity index (χ2v) is 7.02. The molecule has 0 spiro atoms. The molecule has 0 bridgehead atoms. The van der Waals surface area contributed by atoms with Crippen LogP contribution in [0.15, 0.2) is 30.6 Å². The number of amides is 1. The predicted molar refractivity (Wildman–Crippen MR) is 98.7 cm³/mol. The highest BCUT2D eigenvalue weighted by Gasteiger charge is 2.31. The zero-order valence-electron chi connectivity index (χ0n) is 15.9. The van der Waals surface area contributed by atoms with Gasteiger partial charge in [0.1, 0.15) is 6.33 Å². The van der Waals surface area contributed by atoms with Gasteiger partial charge in [0.2, 0.25) is 0 Å². The van der Waals surface area contributed by atoms with E-state index in [-0.39, 0.29) is 23.3 Å². The summed E-state index contributed by atoms with van der Waals surface area (Å²) in [5, 5.41) is 7.86. The highest BCUT2D eigenvalue weighted by atomic mass is 19.4. The van der Waals surface area contributed by atoms with E-state index < -0.39 is 11.7 Å². The molecule has 2 heterocycles. The molecule has 6 nitrogen and oxygen atoms in total. The maximum absolute atomic E-state index is 13.0. The molecule has 28 heavy (non-hydrogen) atoms. The lowest BCUT2D eigenvalue weighted by Crippen LogP contribution is -2.44. The van der Waals surface area contributed by atoms with Crippen LogP contribution in [-0.4, -0.2) is 49.8 Å². The van der Waals surface area contributed by atoms with Crippen LogP contribution >= 0.6 is 0 Å². The Morgan fingerprint density at radius 1 is 1.21 bits per heavy atom. The number of carbonyl (C=O) groups excluding carboxylic acids is 1. The Morgan fingerprint density at radius 3 is 2.64 bits per heavy atom. The SMILES string of the molecule is Cc1cc(-c2ncn(/C=C\C(=O)N3CCCN3C(C)C)n2)cc(C(F)(F)F)c1. The number of rotatable bonds is 4. The Kier molecular flexibility index (Phi) is 5.55. The molecule has 1 aromatic heterocycles. The molecule has 0 radical (unpaired) electrons. The van der Waals surface area contributed by atoms with Crippen molar-refractivity contribution in [1.29, 1.82) is 0 Å². The van der Waals surface area contributed by atoms with Gasteiger partial charge in [0.05, 0.1) is 5.56 Å². The molecule has 1 saturated heterocycles. The molecular formula is C19H22F3N5O. The van der Waals surface area contributed by atoms with Crippen LogP contribution in [0, 0.1) is 6.92 Å². The van der Waals surface area contributed by atoms with E-state index in [0.29, 0.717) is 12.1 Å². The minimum Gasteiger partial charge on any atom is -0.271 e. The van der Waals surface area contributed by atoms with Gasteiger partial charge in [-0.3, -0.25) is 9.80 Å². The summed E-state index contributed by atoms with van der Waals surface area (Å²) in [6.07, 6.45) is 0.680. The van der Waals surface area contributed by atoms with Crippen LogP contribution in [0.5, 0.6) is 0 Å². The number of hydrogen-bond donors (Lipinski definition) is 0. The number of nitrogens with zero attached hydrogens (tertiary/aromatic N) is 5. The molecule has 0 N–H and O–H groups in total. The molecule has 1 aromatic carbocycles. The van der Waals surface area contributed by atoms with Gasteiger partial charge in [-0.1, -0.05) is 0 Å². The summed E-state index contributed by atoms with van der Waals surface area (Å²) in [6, 6.07) is 3.91. The van der Waals surface area contributed by atoms with Crippen molar-refractivity contribution in [2.24, 2.45) is 0 Å². The first kappa shape index (κ1) is 20.1. The van der Waals surface area contributed by atoms with Crippen LogP contribution < -0.4 is 0 Å². The Hall–Kier alpha value is -2.68. The number of aromatic nitrogens is 3. The van der Waals surface area contributed by atoms with Crippen molar-refractivity contribution < 1.29 is 18.0 Å². The lowest BCUT2D eigenvalue weighted by Gasteiger charge is -2.30. The highest BCUT2D eigenvalue weighted by molar-refractivity contribution is 5.89. The van der Waals surface area contributed by atoms with Crippen LogP contribution in [-0.2, 0) is 11.0 Å². The molecule has 3 rings (SSSR count). The summed E-state index contributed by atoms with van der Waals surface area (Å²) in [4.78, 5) is 16.5. The van der Waals surface area contributed by atoms with Gasteiger partial charge in [-0.25, -0.2) is 14.7 Å². The van der Waals surface area contributed by atoms with Crippen molar-refractivity contribution in [3.8, 4) is 11.4 Å². The van der Waals surface area contributed by atoms with Crippen LogP contribution in [0.3, 0.4) is 0 Å². The Morgan fingerprint density at radius 2 is 1.96 bits per heavy atom. The van der Waals surface area contributed by atoms with Crippen LogP contribution in [0.4, 0.5) is 13.2 Å². The third-order valence-corrected chi connectivity index (χ3v) is 4.46. The van der Waals surface area contributed by atoms with Gasteiger partial charge in [0, 0.05) is 37.0 Å². The number of benzene rings is 1. The molecule has 0 unspecified atom stereocenters. The van der Waals surface area contributed by atoms with E-state index in [4.69, 9.17) is 0 Å². The maximum atomic E-state index is 13.0. The lowest BCUT2D eigenvalue weighted by molar-refractivity contribution is -0.140. The zero-order chi connectivity index (χ0) is 20.5. The summed E-state index contributed by atoms with van der Waals surface area (Å²) in [5.41, 5.74) is -0.00147. The second kappa shape index (κ2) is 7.75. The average molecular weight is 393 g/mol. The van der Waals surface area contributed by atoms with Gasteiger partial charge < -0.3 is 0 Å². The van der Waals surface area contributed by atoms with E-state index in [0.717, 1.165) is 25.1 Å². The lowest BCUT2D eigenvalue weighted by atomic mass is 10.1. The second-order valence-electron chi connectivity index (χ2n) is 7.02. The van der Waals surface area contributed by atoms with E-state index in [1.165, 1.54) is 23.3 Å². The third kappa shape index (κ3) is 4.41. The summed E-state index contributed by atoms with van der Waals surface area (Å²) in [5.74, 6) is -0.00515. The van der Waals surface area contributed by atoms with Crippen LogP contribution in [0.1, 0.15) is 31.4 Å².